The van der Waals surface area contributed by atoms with Crippen LogP contribution in [0.25, 0.3) is 11.0 Å². The van der Waals surface area contributed by atoms with Crippen LogP contribution in [0.3, 0.4) is 0 Å². The molecule has 1 amide bonds. The molecule has 3 aromatic rings. The molecule has 1 fully saturated rings. The average Bonchev–Trinajstić information content (AvgIpc) is 3.15. The van der Waals surface area contributed by atoms with Gasteiger partial charge in [0.05, 0.1) is 25.6 Å². The number of rotatable bonds is 6. The van der Waals surface area contributed by atoms with Crippen molar-refractivity contribution in [3.63, 3.8) is 0 Å². The number of hydrogen-bond donors (Lipinski definition) is 1. The number of nitrogens with two attached hydrogens (primary N) is 1. The molecule has 1 saturated heterocycles. The normalized spacial score (nSPS) is 13.7. The van der Waals surface area contributed by atoms with Gasteiger partial charge in [-0.15, -0.1) is 0 Å². The Morgan fingerprint density at radius 3 is 2.53 bits per heavy atom. The summed E-state index contributed by atoms with van der Waals surface area (Å²) in [4.78, 5) is 24.6. The molecule has 1 aliphatic rings. The summed E-state index contributed by atoms with van der Waals surface area (Å²) in [5, 5.41) is 5.28. The molecule has 10 heteroatoms. The molecular formula is C24H27N7O3. The highest BCUT2D eigenvalue weighted by Gasteiger charge is 2.33. The first-order valence-corrected chi connectivity index (χ1v) is 10.7. The third kappa shape index (κ3) is 4.79. The van der Waals surface area contributed by atoms with E-state index in [0.717, 1.165) is 0 Å². The molecule has 0 saturated carbocycles. The van der Waals surface area contributed by atoms with Crippen LogP contribution < -0.4 is 15.2 Å². The molecule has 3 heterocycles. The number of methoxy groups -OCH3 is 2. The lowest BCUT2D eigenvalue weighted by atomic mass is 10.1. The van der Waals surface area contributed by atoms with E-state index in [0.29, 0.717) is 59.2 Å². The van der Waals surface area contributed by atoms with Crippen molar-refractivity contribution >= 4 is 22.8 Å². The Balaban J connectivity index is 1.60. The zero-order valence-electron chi connectivity index (χ0n) is 19.6. The van der Waals surface area contributed by atoms with Crippen LogP contribution >= 0.6 is 0 Å². The number of anilines is 1. The van der Waals surface area contributed by atoms with Gasteiger partial charge in [-0.1, -0.05) is 12.0 Å². The molecule has 0 atom stereocenters. The number of carbonyl (C=O) groups excluding carboxylic acids is 1. The maximum absolute atomic E-state index is 12.4. The van der Waals surface area contributed by atoms with Crippen LogP contribution in [0.2, 0.25) is 0 Å². The second kappa shape index (κ2) is 9.80. The minimum atomic E-state index is -0.0181. The number of fused-ring (bicyclic) bond motifs is 1. The van der Waals surface area contributed by atoms with E-state index in [1.165, 1.54) is 6.33 Å². The minimum Gasteiger partial charge on any atom is -0.497 e. The molecule has 0 spiro atoms. The Labute approximate surface area is 198 Å². The van der Waals surface area contributed by atoms with E-state index in [-0.39, 0.29) is 11.9 Å². The number of carbonyl (C=O) groups is 1. The van der Waals surface area contributed by atoms with Crippen molar-refractivity contribution in [2.24, 2.45) is 0 Å². The average molecular weight is 462 g/mol. The van der Waals surface area contributed by atoms with E-state index in [1.54, 1.807) is 35.9 Å². The number of aromatic nitrogens is 4. The van der Waals surface area contributed by atoms with Crippen LogP contribution in [0.5, 0.6) is 11.5 Å². The third-order valence-electron chi connectivity index (χ3n) is 5.45. The van der Waals surface area contributed by atoms with E-state index in [4.69, 9.17) is 15.2 Å². The molecule has 10 nitrogen and oxygen atoms in total. The van der Waals surface area contributed by atoms with Crippen molar-refractivity contribution in [3.05, 3.63) is 47.9 Å². The van der Waals surface area contributed by atoms with Crippen molar-refractivity contribution in [1.29, 1.82) is 0 Å². The second-order valence-electron chi connectivity index (χ2n) is 8.16. The Morgan fingerprint density at radius 1 is 1.18 bits per heavy atom. The van der Waals surface area contributed by atoms with Crippen molar-refractivity contribution in [2.75, 3.05) is 53.7 Å². The van der Waals surface area contributed by atoms with Gasteiger partial charge in [-0.05, 0) is 32.1 Å². The van der Waals surface area contributed by atoms with Crippen molar-refractivity contribution in [1.82, 2.24) is 29.5 Å². The SMILES string of the molecule is COc1cc(C#Cc2nn(C3CN(C(=O)C=CCN(C)C)C3)c3ncnc(N)c23)cc(OC)c1. The molecule has 0 bridgehead atoms. The highest BCUT2D eigenvalue weighted by Crippen LogP contribution is 2.28. The molecule has 0 radical (unpaired) electrons. The highest BCUT2D eigenvalue weighted by molar-refractivity contribution is 5.91. The number of amides is 1. The number of nitrogens with zero attached hydrogens (tertiary/aromatic N) is 6. The Hall–Kier alpha value is -4.10. The fourth-order valence-electron chi connectivity index (χ4n) is 3.61. The lowest BCUT2D eigenvalue weighted by molar-refractivity contribution is -0.131. The molecule has 1 aliphatic heterocycles. The molecule has 0 aliphatic carbocycles. The summed E-state index contributed by atoms with van der Waals surface area (Å²) in [6.07, 6.45) is 4.87. The first-order chi connectivity index (χ1) is 16.4. The summed E-state index contributed by atoms with van der Waals surface area (Å²) in [6, 6.07) is 5.39. The van der Waals surface area contributed by atoms with Gasteiger partial charge in [0.25, 0.3) is 0 Å². The summed E-state index contributed by atoms with van der Waals surface area (Å²) < 4.78 is 12.4. The van der Waals surface area contributed by atoms with Gasteiger partial charge in [-0.25, -0.2) is 14.6 Å². The van der Waals surface area contributed by atoms with Gasteiger partial charge < -0.3 is 25.0 Å². The third-order valence-corrected chi connectivity index (χ3v) is 5.45. The van der Waals surface area contributed by atoms with E-state index >= 15 is 0 Å². The Morgan fingerprint density at radius 2 is 1.88 bits per heavy atom. The minimum absolute atomic E-state index is 0.0179. The number of likely N-dealkylation sites (tertiary alicyclic amines) is 1. The summed E-state index contributed by atoms with van der Waals surface area (Å²) in [5.74, 6) is 7.77. The lowest BCUT2D eigenvalue weighted by Gasteiger charge is -2.38. The predicted octanol–water partition coefficient (Wildman–Crippen LogP) is 1.33. The fourth-order valence-corrected chi connectivity index (χ4v) is 3.61. The summed E-state index contributed by atoms with van der Waals surface area (Å²) >= 11 is 0. The summed E-state index contributed by atoms with van der Waals surface area (Å²) in [6.45, 7) is 1.78. The van der Waals surface area contributed by atoms with Crippen LogP contribution in [0.1, 0.15) is 17.3 Å². The largest absolute Gasteiger partial charge is 0.497 e. The molecule has 176 valence electrons. The van der Waals surface area contributed by atoms with Gasteiger partial charge in [0.1, 0.15) is 29.3 Å². The molecule has 4 rings (SSSR count). The quantitative estimate of drug-likeness (QED) is 0.432. The summed E-state index contributed by atoms with van der Waals surface area (Å²) in [5.41, 5.74) is 7.94. The predicted molar refractivity (Wildman–Crippen MR) is 129 cm³/mol. The fraction of sp³-hybridized carbons (Fsp3) is 0.333. The zero-order chi connectivity index (χ0) is 24.2. The monoisotopic (exact) mass is 461 g/mol. The number of ether oxygens (including phenoxy) is 2. The maximum atomic E-state index is 12.4. The van der Waals surface area contributed by atoms with Crippen molar-refractivity contribution < 1.29 is 14.3 Å². The van der Waals surface area contributed by atoms with E-state index in [2.05, 4.69) is 26.9 Å². The van der Waals surface area contributed by atoms with Gasteiger partial charge >= 0.3 is 0 Å². The van der Waals surface area contributed by atoms with Gasteiger partial charge in [0.2, 0.25) is 5.91 Å². The molecule has 34 heavy (non-hydrogen) atoms. The van der Waals surface area contributed by atoms with Crippen molar-refractivity contribution in [3.8, 4) is 23.3 Å². The molecular weight excluding hydrogens is 434 g/mol. The van der Waals surface area contributed by atoms with E-state index in [9.17, 15) is 4.79 Å². The van der Waals surface area contributed by atoms with E-state index < -0.39 is 0 Å². The number of hydrogen-bond acceptors (Lipinski definition) is 8. The Kier molecular flexibility index (Phi) is 6.65. The number of benzene rings is 1. The number of likely N-dealkylation sites (N-methyl/N-ethyl adjacent to an activating group) is 1. The summed E-state index contributed by atoms with van der Waals surface area (Å²) in [7, 11) is 7.08. The topological polar surface area (TPSA) is 112 Å². The van der Waals surface area contributed by atoms with Crippen LogP contribution in [-0.2, 0) is 4.79 Å². The smallest absolute Gasteiger partial charge is 0.246 e. The van der Waals surface area contributed by atoms with Gasteiger partial charge in [0, 0.05) is 37.3 Å². The molecule has 1 aromatic carbocycles. The second-order valence-corrected chi connectivity index (χ2v) is 8.16. The van der Waals surface area contributed by atoms with Crippen LogP contribution in [0, 0.1) is 11.8 Å². The number of nitrogen functional groups attached to an aromatic ring is 1. The molecule has 2 N–H and O–H groups in total. The lowest BCUT2D eigenvalue weighted by Crippen LogP contribution is -2.50. The first kappa shape index (κ1) is 23.1. The first-order valence-electron chi connectivity index (χ1n) is 10.7. The standard InChI is InChI=1S/C24H27N7O3/c1-29(2)9-5-6-21(32)30-13-17(14-30)31-24-22(23(25)26-15-27-24)20(28-31)8-7-16-10-18(33-3)12-19(11-16)34-4/h5-6,10-12,15,17H,9,13-14H2,1-4H3,(H2,25,26,27). The van der Waals surface area contributed by atoms with Gasteiger partial charge in [-0.2, -0.15) is 5.10 Å². The van der Waals surface area contributed by atoms with Gasteiger partial charge in [-0.3, -0.25) is 4.79 Å². The van der Waals surface area contributed by atoms with Crippen LogP contribution in [-0.4, -0.2) is 83.4 Å². The zero-order valence-corrected chi connectivity index (χ0v) is 19.6. The highest BCUT2D eigenvalue weighted by atomic mass is 16.5. The molecule has 0 unspecified atom stereocenters. The van der Waals surface area contributed by atoms with Crippen molar-refractivity contribution in [2.45, 2.75) is 6.04 Å². The molecule has 2 aromatic heterocycles. The Bertz CT molecular complexity index is 1270. The van der Waals surface area contributed by atoms with E-state index in [1.807, 2.05) is 37.2 Å². The van der Waals surface area contributed by atoms with Gasteiger partial charge in [0.15, 0.2) is 5.65 Å². The van der Waals surface area contributed by atoms with Crippen LogP contribution in [0.15, 0.2) is 36.7 Å². The van der Waals surface area contributed by atoms with Crippen LogP contribution in [0.4, 0.5) is 5.82 Å². The maximum Gasteiger partial charge on any atom is 0.246 e.